The maximum atomic E-state index is 11.9. The summed E-state index contributed by atoms with van der Waals surface area (Å²) in [7, 11) is -1.51. The number of amides is 1. The van der Waals surface area contributed by atoms with E-state index >= 15 is 0 Å². The quantitative estimate of drug-likeness (QED) is 0.315. The van der Waals surface area contributed by atoms with E-state index in [1.807, 2.05) is 24.3 Å². The monoisotopic (exact) mass is 528 g/mol. The van der Waals surface area contributed by atoms with Crippen molar-refractivity contribution in [3.8, 4) is 0 Å². The average Bonchev–Trinajstić information content (AvgIpc) is 2.67. The van der Waals surface area contributed by atoms with Crippen molar-refractivity contribution >= 4 is 51.4 Å². The van der Waals surface area contributed by atoms with Gasteiger partial charge in [0, 0.05) is 44.4 Å². The SMILES string of the molecule is CN=C(NCc1ccc(S(C)(=O)=O)cc1)NCC1CC(=O)Nc2ccccc21.I. The largest absolute Gasteiger partial charge is 0.356 e. The van der Waals surface area contributed by atoms with E-state index in [2.05, 4.69) is 20.9 Å². The number of benzene rings is 2. The summed E-state index contributed by atoms with van der Waals surface area (Å²) in [5, 5.41) is 9.37. The molecule has 1 aliphatic heterocycles. The zero-order valence-corrected chi connectivity index (χ0v) is 19.5. The van der Waals surface area contributed by atoms with Crippen LogP contribution in [0.2, 0.25) is 0 Å². The summed E-state index contributed by atoms with van der Waals surface area (Å²) in [6.07, 6.45) is 1.61. The molecule has 0 fully saturated rings. The fourth-order valence-electron chi connectivity index (χ4n) is 3.16. The van der Waals surface area contributed by atoms with Crippen molar-refractivity contribution in [3.05, 3.63) is 59.7 Å². The molecule has 156 valence electrons. The fourth-order valence-corrected chi connectivity index (χ4v) is 3.80. The summed E-state index contributed by atoms with van der Waals surface area (Å²) in [5.41, 5.74) is 2.92. The van der Waals surface area contributed by atoms with Gasteiger partial charge in [0.2, 0.25) is 5.91 Å². The van der Waals surface area contributed by atoms with Crippen LogP contribution >= 0.6 is 24.0 Å². The van der Waals surface area contributed by atoms with Gasteiger partial charge in [-0.3, -0.25) is 9.79 Å². The van der Waals surface area contributed by atoms with Gasteiger partial charge in [-0.1, -0.05) is 30.3 Å². The second kappa shape index (κ2) is 10.1. The van der Waals surface area contributed by atoms with E-state index in [0.717, 1.165) is 16.8 Å². The number of anilines is 1. The number of hydrogen-bond donors (Lipinski definition) is 3. The Labute approximate surface area is 188 Å². The van der Waals surface area contributed by atoms with Crippen molar-refractivity contribution in [2.45, 2.75) is 23.8 Å². The summed E-state index contributed by atoms with van der Waals surface area (Å²) >= 11 is 0. The highest BCUT2D eigenvalue weighted by Crippen LogP contribution is 2.31. The molecule has 1 heterocycles. The number of sulfone groups is 1. The van der Waals surface area contributed by atoms with Gasteiger partial charge in [-0.2, -0.15) is 0 Å². The molecule has 1 unspecified atom stereocenters. The maximum absolute atomic E-state index is 11.9. The molecule has 0 aliphatic carbocycles. The summed E-state index contributed by atoms with van der Waals surface area (Å²) in [5.74, 6) is 0.701. The number of fused-ring (bicyclic) bond motifs is 1. The molecular formula is C20H25IN4O3S. The lowest BCUT2D eigenvalue weighted by Crippen LogP contribution is -2.40. The molecule has 3 rings (SSSR count). The van der Waals surface area contributed by atoms with E-state index in [4.69, 9.17) is 0 Å². The normalized spacial score (nSPS) is 16.3. The van der Waals surface area contributed by atoms with E-state index in [1.165, 1.54) is 6.26 Å². The second-order valence-corrected chi connectivity index (χ2v) is 8.77. The van der Waals surface area contributed by atoms with Crippen LogP contribution in [0.5, 0.6) is 0 Å². The minimum atomic E-state index is -3.19. The fraction of sp³-hybridized carbons (Fsp3) is 0.300. The van der Waals surface area contributed by atoms with Crippen LogP contribution in [0, 0.1) is 0 Å². The van der Waals surface area contributed by atoms with Gasteiger partial charge in [0.1, 0.15) is 0 Å². The third kappa shape index (κ3) is 6.17. The molecule has 0 bridgehead atoms. The highest BCUT2D eigenvalue weighted by atomic mass is 127. The van der Waals surface area contributed by atoms with E-state index in [-0.39, 0.29) is 35.8 Å². The molecule has 3 N–H and O–H groups in total. The number of halogens is 1. The number of nitrogens with one attached hydrogen (secondary N) is 3. The molecule has 2 aromatic carbocycles. The van der Waals surface area contributed by atoms with Crippen LogP contribution in [0.1, 0.15) is 23.5 Å². The summed E-state index contributed by atoms with van der Waals surface area (Å²) in [6.45, 7) is 1.09. The molecule has 1 atom stereocenters. The van der Waals surface area contributed by atoms with Gasteiger partial charge >= 0.3 is 0 Å². The third-order valence-electron chi connectivity index (χ3n) is 4.66. The number of carbonyl (C=O) groups is 1. The van der Waals surface area contributed by atoms with Crippen LogP contribution in [-0.4, -0.2) is 40.1 Å². The minimum absolute atomic E-state index is 0. The van der Waals surface area contributed by atoms with Gasteiger partial charge in [0.05, 0.1) is 4.90 Å². The molecule has 1 aliphatic rings. The second-order valence-electron chi connectivity index (χ2n) is 6.76. The Kier molecular flexibility index (Phi) is 8.03. The van der Waals surface area contributed by atoms with Gasteiger partial charge in [-0.15, -0.1) is 24.0 Å². The molecule has 0 radical (unpaired) electrons. The summed E-state index contributed by atoms with van der Waals surface area (Å²) in [6, 6.07) is 14.6. The van der Waals surface area contributed by atoms with Gasteiger partial charge in [-0.25, -0.2) is 8.42 Å². The topological polar surface area (TPSA) is 99.7 Å². The summed E-state index contributed by atoms with van der Waals surface area (Å²) < 4.78 is 23.1. The molecule has 0 aromatic heterocycles. The first-order valence-corrected chi connectivity index (χ1v) is 10.9. The van der Waals surface area contributed by atoms with E-state index in [0.29, 0.717) is 30.4 Å². The zero-order chi connectivity index (χ0) is 20.1. The van der Waals surface area contributed by atoms with Crippen molar-refractivity contribution in [1.82, 2.24) is 10.6 Å². The van der Waals surface area contributed by atoms with Crippen LogP contribution in [0.25, 0.3) is 0 Å². The molecule has 29 heavy (non-hydrogen) atoms. The first-order valence-electron chi connectivity index (χ1n) is 8.99. The van der Waals surface area contributed by atoms with E-state index in [9.17, 15) is 13.2 Å². The smallest absolute Gasteiger partial charge is 0.225 e. The lowest BCUT2D eigenvalue weighted by Gasteiger charge is -2.26. The van der Waals surface area contributed by atoms with Crippen molar-refractivity contribution in [1.29, 1.82) is 0 Å². The van der Waals surface area contributed by atoms with Gasteiger partial charge in [0.15, 0.2) is 15.8 Å². The molecule has 0 saturated carbocycles. The molecule has 1 amide bonds. The summed E-state index contributed by atoms with van der Waals surface area (Å²) in [4.78, 5) is 16.4. The molecule has 0 saturated heterocycles. The molecule has 0 spiro atoms. The van der Waals surface area contributed by atoms with Crippen LogP contribution in [-0.2, 0) is 21.2 Å². The van der Waals surface area contributed by atoms with Crippen LogP contribution in [0.15, 0.2) is 58.4 Å². The number of hydrogen-bond acceptors (Lipinski definition) is 4. The Morgan fingerprint density at radius 1 is 1.14 bits per heavy atom. The van der Waals surface area contributed by atoms with Crippen molar-refractivity contribution in [2.24, 2.45) is 4.99 Å². The first-order chi connectivity index (χ1) is 13.4. The highest BCUT2D eigenvalue weighted by molar-refractivity contribution is 14.0. The Bertz CT molecular complexity index is 991. The Hall–Kier alpha value is -2.14. The maximum Gasteiger partial charge on any atom is 0.225 e. The van der Waals surface area contributed by atoms with Gasteiger partial charge in [-0.05, 0) is 29.3 Å². The number of para-hydroxylation sites is 1. The molecule has 9 heteroatoms. The van der Waals surface area contributed by atoms with Crippen LogP contribution in [0.4, 0.5) is 5.69 Å². The number of carbonyl (C=O) groups excluding carboxylic acids is 1. The highest BCUT2D eigenvalue weighted by Gasteiger charge is 2.24. The van der Waals surface area contributed by atoms with E-state index in [1.54, 1.807) is 31.3 Å². The van der Waals surface area contributed by atoms with Crippen molar-refractivity contribution in [3.63, 3.8) is 0 Å². The Morgan fingerprint density at radius 2 is 1.83 bits per heavy atom. The van der Waals surface area contributed by atoms with Crippen LogP contribution in [0.3, 0.4) is 0 Å². The Morgan fingerprint density at radius 3 is 2.48 bits per heavy atom. The molecule has 7 nitrogen and oxygen atoms in total. The van der Waals surface area contributed by atoms with Gasteiger partial charge in [0.25, 0.3) is 0 Å². The number of nitrogens with zero attached hydrogens (tertiary/aromatic N) is 1. The Balaban J connectivity index is 0.00000300. The minimum Gasteiger partial charge on any atom is -0.356 e. The van der Waals surface area contributed by atoms with Crippen molar-refractivity contribution in [2.75, 3.05) is 25.2 Å². The number of rotatable bonds is 5. The standard InChI is InChI=1S/C20H24N4O3S.HI/c1-21-20(22-12-14-7-9-16(10-8-14)28(2,26)27)23-13-15-11-19(25)24-18-6-4-3-5-17(15)18;/h3-10,15H,11-13H2,1-2H3,(H,24,25)(H2,21,22,23);1H. The molecular weight excluding hydrogens is 503 g/mol. The average molecular weight is 528 g/mol. The zero-order valence-electron chi connectivity index (χ0n) is 16.3. The number of guanidine groups is 1. The first kappa shape index (κ1) is 23.1. The molecule has 2 aromatic rings. The lowest BCUT2D eigenvalue weighted by molar-refractivity contribution is -0.116. The number of aliphatic imine (C=N–C) groups is 1. The van der Waals surface area contributed by atoms with E-state index < -0.39 is 9.84 Å². The predicted molar refractivity (Wildman–Crippen MR) is 126 cm³/mol. The van der Waals surface area contributed by atoms with Crippen LogP contribution < -0.4 is 16.0 Å². The lowest BCUT2D eigenvalue weighted by atomic mass is 9.90. The third-order valence-corrected chi connectivity index (χ3v) is 5.79. The van der Waals surface area contributed by atoms with Gasteiger partial charge < -0.3 is 16.0 Å². The predicted octanol–water partition coefficient (Wildman–Crippen LogP) is 2.50. The van der Waals surface area contributed by atoms with Crippen molar-refractivity contribution < 1.29 is 13.2 Å².